The molecule has 1 aromatic rings. The zero-order valence-electron chi connectivity index (χ0n) is 12.1. The van der Waals surface area contributed by atoms with Gasteiger partial charge in [-0.05, 0) is 37.1 Å². The molecule has 2 rings (SSSR count). The summed E-state index contributed by atoms with van der Waals surface area (Å²) >= 11 is 1.65. The lowest BCUT2D eigenvalue weighted by atomic mass is 9.77. The summed E-state index contributed by atoms with van der Waals surface area (Å²) in [6.45, 7) is 4.62. The Morgan fingerprint density at radius 2 is 2.33 bits per heavy atom. The van der Waals surface area contributed by atoms with Crippen LogP contribution >= 0.6 is 11.3 Å². The number of hydrogen-bond donors (Lipinski definition) is 1. The van der Waals surface area contributed by atoms with E-state index in [-0.39, 0.29) is 5.91 Å². The van der Waals surface area contributed by atoms with E-state index in [1.807, 2.05) is 17.5 Å². The summed E-state index contributed by atoms with van der Waals surface area (Å²) in [6.07, 6.45) is 4.59. The highest BCUT2D eigenvalue weighted by atomic mass is 32.1. The number of carboxylic acid groups (broad SMARTS) is 1. The van der Waals surface area contributed by atoms with Gasteiger partial charge in [-0.3, -0.25) is 9.59 Å². The normalized spacial score (nSPS) is 22.0. The number of piperidine rings is 1. The van der Waals surface area contributed by atoms with Crippen LogP contribution in [-0.2, 0) is 16.0 Å². The first-order valence-corrected chi connectivity index (χ1v) is 8.10. The molecule has 0 unspecified atom stereocenters. The number of amides is 1. The van der Waals surface area contributed by atoms with Crippen LogP contribution in [0.5, 0.6) is 0 Å². The van der Waals surface area contributed by atoms with Crippen molar-refractivity contribution in [2.75, 3.05) is 13.1 Å². The standard InChI is InChI=1S/C16H21NO3S/c1-2-8-16(15(19)20)9-4-10-17(12-16)14(18)7-6-13-5-3-11-21-13/h2-3,5,11H,1,4,6-10,12H2,(H,19,20)/t16-/m0/s1. The minimum Gasteiger partial charge on any atom is -0.481 e. The number of hydrogen-bond acceptors (Lipinski definition) is 3. The fourth-order valence-corrected chi connectivity index (χ4v) is 3.60. The molecule has 1 amide bonds. The van der Waals surface area contributed by atoms with Gasteiger partial charge in [0.25, 0.3) is 0 Å². The third kappa shape index (κ3) is 3.73. The van der Waals surface area contributed by atoms with Gasteiger partial charge in [0.05, 0.1) is 5.41 Å². The number of carboxylic acids is 1. The fraction of sp³-hybridized carbons (Fsp3) is 0.500. The van der Waals surface area contributed by atoms with Crippen LogP contribution in [0, 0.1) is 5.41 Å². The molecule has 1 fully saturated rings. The summed E-state index contributed by atoms with van der Waals surface area (Å²) in [5.41, 5.74) is -0.849. The van der Waals surface area contributed by atoms with Gasteiger partial charge in [0.1, 0.15) is 0 Å². The average molecular weight is 307 g/mol. The Hall–Kier alpha value is -1.62. The van der Waals surface area contributed by atoms with Gasteiger partial charge in [-0.25, -0.2) is 0 Å². The summed E-state index contributed by atoms with van der Waals surface area (Å²) in [4.78, 5) is 26.8. The highest BCUT2D eigenvalue weighted by Crippen LogP contribution is 2.34. The molecule has 5 heteroatoms. The molecule has 1 saturated heterocycles. The third-order valence-electron chi connectivity index (χ3n) is 4.08. The molecule has 0 spiro atoms. The quantitative estimate of drug-likeness (QED) is 0.822. The van der Waals surface area contributed by atoms with E-state index in [0.29, 0.717) is 32.4 Å². The molecule has 1 aliphatic heterocycles. The van der Waals surface area contributed by atoms with Crippen molar-refractivity contribution in [2.45, 2.75) is 32.1 Å². The van der Waals surface area contributed by atoms with Crippen LogP contribution in [0.15, 0.2) is 30.2 Å². The SMILES string of the molecule is C=CC[C@]1(C(=O)O)CCCN(C(=O)CCc2cccs2)C1. The van der Waals surface area contributed by atoms with Crippen molar-refractivity contribution in [1.82, 2.24) is 4.90 Å². The summed E-state index contributed by atoms with van der Waals surface area (Å²) in [5.74, 6) is -0.768. The second-order valence-electron chi connectivity index (χ2n) is 5.58. The fourth-order valence-electron chi connectivity index (χ4n) is 2.89. The highest BCUT2D eigenvalue weighted by Gasteiger charge is 2.42. The molecule has 0 aliphatic carbocycles. The Labute approximate surface area is 129 Å². The van der Waals surface area contributed by atoms with Crippen molar-refractivity contribution < 1.29 is 14.7 Å². The number of aryl methyl sites for hydroxylation is 1. The van der Waals surface area contributed by atoms with Gasteiger partial charge in [0, 0.05) is 24.4 Å². The number of thiophene rings is 1. The second-order valence-corrected chi connectivity index (χ2v) is 6.61. The van der Waals surface area contributed by atoms with Crippen LogP contribution in [-0.4, -0.2) is 35.0 Å². The van der Waals surface area contributed by atoms with Crippen molar-refractivity contribution in [3.63, 3.8) is 0 Å². The van der Waals surface area contributed by atoms with Gasteiger partial charge in [0.2, 0.25) is 5.91 Å². The third-order valence-corrected chi connectivity index (χ3v) is 5.02. The maximum absolute atomic E-state index is 12.3. The summed E-state index contributed by atoms with van der Waals surface area (Å²) in [5, 5.41) is 11.5. The van der Waals surface area contributed by atoms with E-state index in [0.717, 1.165) is 12.8 Å². The molecular formula is C16H21NO3S. The Morgan fingerprint density at radius 3 is 2.95 bits per heavy atom. The smallest absolute Gasteiger partial charge is 0.311 e. The van der Waals surface area contributed by atoms with Crippen LogP contribution in [0.4, 0.5) is 0 Å². The molecular weight excluding hydrogens is 286 g/mol. The van der Waals surface area contributed by atoms with Gasteiger partial charge in [-0.15, -0.1) is 17.9 Å². The van der Waals surface area contributed by atoms with Crippen molar-refractivity contribution >= 4 is 23.2 Å². The molecule has 114 valence electrons. The molecule has 0 radical (unpaired) electrons. The number of likely N-dealkylation sites (tertiary alicyclic amines) is 1. The maximum atomic E-state index is 12.3. The van der Waals surface area contributed by atoms with Gasteiger partial charge in [-0.2, -0.15) is 0 Å². The van der Waals surface area contributed by atoms with E-state index in [4.69, 9.17) is 0 Å². The Bertz CT molecular complexity index is 512. The van der Waals surface area contributed by atoms with Crippen LogP contribution in [0.25, 0.3) is 0 Å². The predicted molar refractivity (Wildman–Crippen MR) is 83.3 cm³/mol. The van der Waals surface area contributed by atoms with Crippen molar-refractivity contribution in [2.24, 2.45) is 5.41 Å². The largest absolute Gasteiger partial charge is 0.481 e. The lowest BCUT2D eigenvalue weighted by molar-refractivity contribution is -0.154. The lowest BCUT2D eigenvalue weighted by Gasteiger charge is -2.39. The van der Waals surface area contributed by atoms with Crippen LogP contribution in [0.1, 0.15) is 30.6 Å². The topological polar surface area (TPSA) is 57.6 Å². The van der Waals surface area contributed by atoms with Gasteiger partial charge >= 0.3 is 5.97 Å². The molecule has 0 saturated carbocycles. The maximum Gasteiger partial charge on any atom is 0.311 e. The van der Waals surface area contributed by atoms with Crippen LogP contribution in [0.3, 0.4) is 0 Å². The number of carbonyl (C=O) groups is 2. The second kappa shape index (κ2) is 6.89. The molecule has 4 nitrogen and oxygen atoms in total. The van der Waals surface area contributed by atoms with E-state index in [9.17, 15) is 14.7 Å². The first-order valence-electron chi connectivity index (χ1n) is 7.22. The number of allylic oxidation sites excluding steroid dienone is 1. The summed E-state index contributed by atoms with van der Waals surface area (Å²) in [6, 6.07) is 4.00. The zero-order chi connectivity index (χ0) is 15.3. The van der Waals surface area contributed by atoms with E-state index < -0.39 is 11.4 Å². The van der Waals surface area contributed by atoms with Crippen LogP contribution in [0.2, 0.25) is 0 Å². The molecule has 1 aliphatic rings. The monoisotopic (exact) mass is 307 g/mol. The summed E-state index contributed by atoms with van der Waals surface area (Å²) in [7, 11) is 0. The Kier molecular flexibility index (Phi) is 5.17. The Balaban J connectivity index is 1.97. The molecule has 21 heavy (non-hydrogen) atoms. The minimum absolute atomic E-state index is 0.0535. The van der Waals surface area contributed by atoms with Crippen molar-refractivity contribution in [3.05, 3.63) is 35.0 Å². The van der Waals surface area contributed by atoms with E-state index >= 15 is 0 Å². The molecule has 1 N–H and O–H groups in total. The molecule has 1 atom stereocenters. The average Bonchev–Trinajstić information content (AvgIpc) is 2.98. The van der Waals surface area contributed by atoms with Crippen LogP contribution < -0.4 is 0 Å². The van der Waals surface area contributed by atoms with Crippen molar-refractivity contribution in [1.29, 1.82) is 0 Å². The lowest BCUT2D eigenvalue weighted by Crippen LogP contribution is -2.49. The summed E-state index contributed by atoms with van der Waals surface area (Å²) < 4.78 is 0. The molecule has 0 bridgehead atoms. The van der Waals surface area contributed by atoms with Gasteiger partial charge < -0.3 is 10.0 Å². The number of aliphatic carboxylic acids is 1. The zero-order valence-corrected chi connectivity index (χ0v) is 12.9. The Morgan fingerprint density at radius 1 is 1.52 bits per heavy atom. The van der Waals surface area contributed by atoms with E-state index in [1.165, 1.54) is 4.88 Å². The first-order chi connectivity index (χ1) is 10.1. The van der Waals surface area contributed by atoms with Gasteiger partial charge in [-0.1, -0.05) is 12.1 Å². The molecule has 1 aromatic heterocycles. The number of nitrogens with zero attached hydrogens (tertiary/aromatic N) is 1. The molecule has 2 heterocycles. The number of rotatable bonds is 6. The molecule has 0 aromatic carbocycles. The van der Waals surface area contributed by atoms with Crippen molar-refractivity contribution in [3.8, 4) is 0 Å². The van der Waals surface area contributed by atoms with E-state index in [2.05, 4.69) is 6.58 Å². The number of carbonyl (C=O) groups excluding carboxylic acids is 1. The van der Waals surface area contributed by atoms with E-state index in [1.54, 1.807) is 22.3 Å². The predicted octanol–water partition coefficient (Wildman–Crippen LogP) is 2.95. The first kappa shape index (κ1) is 15.8. The minimum atomic E-state index is -0.849. The van der Waals surface area contributed by atoms with Gasteiger partial charge in [0.15, 0.2) is 0 Å². The highest BCUT2D eigenvalue weighted by molar-refractivity contribution is 7.09.